The third kappa shape index (κ3) is 7.12. The van der Waals surface area contributed by atoms with Gasteiger partial charge in [0, 0.05) is 22.6 Å². The van der Waals surface area contributed by atoms with Crippen LogP contribution in [0.5, 0.6) is 0 Å². The van der Waals surface area contributed by atoms with Gasteiger partial charge in [-0.3, -0.25) is 13.9 Å². The summed E-state index contributed by atoms with van der Waals surface area (Å²) in [6, 6.07) is 11.1. The number of nitrogens with one attached hydrogen (secondary N) is 1. The lowest BCUT2D eigenvalue weighted by atomic mass is 10.1. The van der Waals surface area contributed by atoms with Gasteiger partial charge in [0.25, 0.3) is 0 Å². The molecular formula is C25H31Cl2N3O4S. The predicted molar refractivity (Wildman–Crippen MR) is 140 cm³/mol. The van der Waals surface area contributed by atoms with Crippen LogP contribution in [0.15, 0.2) is 42.5 Å². The fourth-order valence-corrected chi connectivity index (χ4v) is 5.35. The number of carbonyl (C=O) groups is 2. The summed E-state index contributed by atoms with van der Waals surface area (Å²) in [6.45, 7) is 3.03. The monoisotopic (exact) mass is 539 g/mol. The Balaban J connectivity index is 1.90. The van der Waals surface area contributed by atoms with E-state index in [1.54, 1.807) is 50.2 Å². The van der Waals surface area contributed by atoms with E-state index in [-0.39, 0.29) is 24.2 Å². The fraction of sp³-hybridized carbons (Fsp3) is 0.440. The maximum absolute atomic E-state index is 13.6. The summed E-state index contributed by atoms with van der Waals surface area (Å²) in [4.78, 5) is 28.0. The van der Waals surface area contributed by atoms with E-state index in [2.05, 4.69) is 5.32 Å². The number of aryl methyl sites for hydroxylation is 1. The number of hydrogen-bond acceptors (Lipinski definition) is 4. The minimum Gasteiger partial charge on any atom is -0.352 e. The third-order valence-electron chi connectivity index (χ3n) is 6.29. The number of halogens is 2. The first-order valence-corrected chi connectivity index (χ1v) is 14.1. The minimum atomic E-state index is -3.82. The van der Waals surface area contributed by atoms with Crippen molar-refractivity contribution in [3.05, 3.63) is 63.6 Å². The van der Waals surface area contributed by atoms with Gasteiger partial charge in [-0.25, -0.2) is 8.42 Å². The Bertz CT molecular complexity index is 1180. The molecule has 7 nitrogen and oxygen atoms in total. The van der Waals surface area contributed by atoms with E-state index in [4.69, 9.17) is 23.2 Å². The van der Waals surface area contributed by atoms with Crippen molar-refractivity contribution in [1.82, 2.24) is 10.2 Å². The van der Waals surface area contributed by atoms with Crippen molar-refractivity contribution in [3.63, 3.8) is 0 Å². The molecule has 2 amide bonds. The van der Waals surface area contributed by atoms with Gasteiger partial charge >= 0.3 is 0 Å². The van der Waals surface area contributed by atoms with Crippen molar-refractivity contribution in [2.24, 2.45) is 0 Å². The van der Waals surface area contributed by atoms with E-state index >= 15 is 0 Å². The van der Waals surface area contributed by atoms with Crippen LogP contribution < -0.4 is 9.62 Å². The van der Waals surface area contributed by atoms with Crippen LogP contribution in [0.1, 0.15) is 43.7 Å². The van der Waals surface area contributed by atoms with Crippen molar-refractivity contribution in [2.45, 2.75) is 58.2 Å². The van der Waals surface area contributed by atoms with Crippen molar-refractivity contribution >= 4 is 50.7 Å². The van der Waals surface area contributed by atoms with Crippen molar-refractivity contribution < 1.29 is 18.0 Å². The average molecular weight is 541 g/mol. The smallest absolute Gasteiger partial charge is 0.244 e. The molecule has 1 aliphatic rings. The minimum absolute atomic E-state index is 0.0595. The first-order chi connectivity index (χ1) is 16.5. The molecule has 190 valence electrons. The average Bonchev–Trinajstić information content (AvgIpc) is 3.30. The summed E-state index contributed by atoms with van der Waals surface area (Å²) in [7, 11) is -3.82. The quantitative estimate of drug-likeness (QED) is 0.506. The van der Waals surface area contributed by atoms with Crippen LogP contribution in [-0.2, 0) is 26.2 Å². The van der Waals surface area contributed by atoms with E-state index < -0.39 is 28.5 Å². The number of rotatable bonds is 9. The molecule has 10 heteroatoms. The number of nitrogens with zero attached hydrogens (tertiary/aromatic N) is 2. The summed E-state index contributed by atoms with van der Waals surface area (Å²) in [5, 5.41) is 3.88. The molecule has 0 heterocycles. The molecule has 35 heavy (non-hydrogen) atoms. The van der Waals surface area contributed by atoms with Gasteiger partial charge in [0.15, 0.2) is 0 Å². The third-order valence-corrected chi connectivity index (χ3v) is 8.21. The second-order valence-electron chi connectivity index (χ2n) is 8.98. The number of amides is 2. The Morgan fingerprint density at radius 2 is 1.74 bits per heavy atom. The first-order valence-electron chi connectivity index (χ1n) is 11.5. The highest BCUT2D eigenvalue weighted by molar-refractivity contribution is 7.92. The van der Waals surface area contributed by atoms with Crippen LogP contribution in [0.2, 0.25) is 10.0 Å². The van der Waals surface area contributed by atoms with Gasteiger partial charge < -0.3 is 10.2 Å². The first kappa shape index (κ1) is 27.3. The number of carbonyl (C=O) groups excluding carboxylic acids is 2. The van der Waals surface area contributed by atoms with E-state index in [9.17, 15) is 18.0 Å². The molecule has 0 aromatic heterocycles. The lowest BCUT2D eigenvalue weighted by Crippen LogP contribution is -2.52. The van der Waals surface area contributed by atoms with Crippen LogP contribution >= 0.6 is 23.2 Å². The number of anilines is 1. The molecule has 1 fully saturated rings. The highest BCUT2D eigenvalue weighted by atomic mass is 35.5. The topological polar surface area (TPSA) is 86.8 Å². The van der Waals surface area contributed by atoms with Gasteiger partial charge in [-0.2, -0.15) is 0 Å². The maximum Gasteiger partial charge on any atom is 0.244 e. The molecular weight excluding hydrogens is 509 g/mol. The predicted octanol–water partition coefficient (Wildman–Crippen LogP) is 4.54. The molecule has 3 rings (SSSR count). The summed E-state index contributed by atoms with van der Waals surface area (Å²) in [5.74, 6) is -0.803. The summed E-state index contributed by atoms with van der Waals surface area (Å²) >= 11 is 12.6. The maximum atomic E-state index is 13.6. The second kappa shape index (κ2) is 11.6. The van der Waals surface area contributed by atoms with Gasteiger partial charge in [-0.15, -0.1) is 0 Å². The summed E-state index contributed by atoms with van der Waals surface area (Å²) < 4.78 is 26.3. The molecule has 0 aliphatic heterocycles. The Kier molecular flexibility index (Phi) is 9.07. The molecule has 2 aromatic carbocycles. The lowest BCUT2D eigenvalue weighted by molar-refractivity contribution is -0.139. The Morgan fingerprint density at radius 3 is 2.34 bits per heavy atom. The van der Waals surface area contributed by atoms with Crippen molar-refractivity contribution in [3.8, 4) is 0 Å². The van der Waals surface area contributed by atoms with Crippen LogP contribution in [0.25, 0.3) is 0 Å². The normalized spacial score (nSPS) is 15.0. The second-order valence-corrected chi connectivity index (χ2v) is 11.7. The Morgan fingerprint density at radius 1 is 1.09 bits per heavy atom. The van der Waals surface area contributed by atoms with E-state index in [0.717, 1.165) is 41.8 Å². The molecule has 0 radical (unpaired) electrons. The molecule has 0 spiro atoms. The molecule has 0 bridgehead atoms. The van der Waals surface area contributed by atoms with Crippen LogP contribution in [0, 0.1) is 6.92 Å². The molecule has 1 aliphatic carbocycles. The SMILES string of the molecule is Cc1ccc(N(CC(=O)N(Cc2ccccc2Cl)[C@@H](C)C(=O)NC2CCCC2)S(C)(=O)=O)cc1Cl. The number of hydrogen-bond donors (Lipinski definition) is 1. The number of sulfonamides is 1. The molecule has 1 atom stereocenters. The Labute approximate surface area is 217 Å². The van der Waals surface area contributed by atoms with Crippen LogP contribution in [-0.4, -0.2) is 50.0 Å². The highest BCUT2D eigenvalue weighted by Gasteiger charge is 2.31. The molecule has 2 aromatic rings. The molecule has 0 unspecified atom stereocenters. The summed E-state index contributed by atoms with van der Waals surface area (Å²) in [5.41, 5.74) is 1.72. The number of benzene rings is 2. The van der Waals surface area contributed by atoms with Gasteiger partial charge in [-0.05, 0) is 56.0 Å². The highest BCUT2D eigenvalue weighted by Crippen LogP contribution is 2.26. The molecule has 0 saturated heterocycles. The zero-order valence-electron chi connectivity index (χ0n) is 20.1. The standard InChI is InChI=1S/C25H31Cl2N3O4S/c1-17-12-13-21(14-23(17)27)30(35(3,33)34)16-24(31)29(15-19-8-4-7-11-22(19)26)18(2)25(32)28-20-9-5-6-10-20/h4,7-8,11-14,18,20H,5-6,9-10,15-16H2,1-3H3,(H,28,32)/t18-/m0/s1. The zero-order chi connectivity index (χ0) is 25.8. The van der Waals surface area contributed by atoms with E-state index in [1.807, 2.05) is 0 Å². The molecule has 1 N–H and O–H groups in total. The van der Waals surface area contributed by atoms with Crippen molar-refractivity contribution in [1.29, 1.82) is 0 Å². The van der Waals surface area contributed by atoms with Gasteiger partial charge in [0.1, 0.15) is 12.6 Å². The van der Waals surface area contributed by atoms with Crippen molar-refractivity contribution in [2.75, 3.05) is 17.1 Å². The van der Waals surface area contributed by atoms with Gasteiger partial charge in [0.05, 0.1) is 11.9 Å². The summed E-state index contributed by atoms with van der Waals surface area (Å²) in [6.07, 6.45) is 4.97. The lowest BCUT2D eigenvalue weighted by Gasteiger charge is -2.32. The van der Waals surface area contributed by atoms with Gasteiger partial charge in [0.2, 0.25) is 21.8 Å². The van der Waals surface area contributed by atoms with E-state index in [0.29, 0.717) is 15.6 Å². The zero-order valence-corrected chi connectivity index (χ0v) is 22.5. The Hall–Kier alpha value is -2.29. The molecule has 1 saturated carbocycles. The van der Waals surface area contributed by atoms with E-state index in [1.165, 1.54) is 11.0 Å². The van der Waals surface area contributed by atoms with Crippen LogP contribution in [0.4, 0.5) is 5.69 Å². The fourth-order valence-electron chi connectivity index (χ4n) is 4.14. The largest absolute Gasteiger partial charge is 0.352 e. The van der Waals surface area contributed by atoms with Gasteiger partial charge in [-0.1, -0.05) is 60.3 Å². The van der Waals surface area contributed by atoms with Crippen LogP contribution in [0.3, 0.4) is 0 Å².